The van der Waals surface area contributed by atoms with Gasteiger partial charge in [-0.05, 0) is 41.5 Å². The van der Waals surface area contributed by atoms with Gasteiger partial charge in [0.05, 0.1) is 11.8 Å². The standard InChI is InChI=1S/C21H18F3N3O/c22-12-3-1-11(2-4-12)20-16-10-25-6-5-18(16)27(26-20)21-15-7-13(23)8-17(24)14(15)9-19(21)28/h1-4,7-8,19,21,25,28H,5-6,9-10H2. The molecular weight excluding hydrogens is 367 g/mol. The molecule has 1 aliphatic heterocycles. The van der Waals surface area contributed by atoms with E-state index in [1.807, 2.05) is 0 Å². The summed E-state index contributed by atoms with van der Waals surface area (Å²) in [5.41, 5.74) is 4.12. The number of aliphatic hydroxyl groups is 1. The van der Waals surface area contributed by atoms with Gasteiger partial charge in [0.1, 0.15) is 23.5 Å². The lowest BCUT2D eigenvalue weighted by Gasteiger charge is -2.22. The molecule has 0 saturated carbocycles. The lowest BCUT2D eigenvalue weighted by Crippen LogP contribution is -2.29. The second-order valence-corrected chi connectivity index (χ2v) is 7.32. The lowest BCUT2D eigenvalue weighted by molar-refractivity contribution is 0.136. The molecule has 0 radical (unpaired) electrons. The smallest absolute Gasteiger partial charge is 0.129 e. The van der Waals surface area contributed by atoms with Crippen molar-refractivity contribution in [3.8, 4) is 11.3 Å². The van der Waals surface area contributed by atoms with Crippen molar-refractivity contribution in [3.05, 3.63) is 76.2 Å². The molecule has 2 N–H and O–H groups in total. The Morgan fingerprint density at radius 3 is 2.61 bits per heavy atom. The van der Waals surface area contributed by atoms with Crippen molar-refractivity contribution in [1.29, 1.82) is 0 Å². The average molecular weight is 385 g/mol. The van der Waals surface area contributed by atoms with E-state index in [0.29, 0.717) is 29.8 Å². The van der Waals surface area contributed by atoms with Gasteiger partial charge in [-0.3, -0.25) is 4.68 Å². The molecule has 0 saturated heterocycles. The summed E-state index contributed by atoms with van der Waals surface area (Å²) in [6, 6.07) is 7.56. The molecule has 2 unspecified atom stereocenters. The van der Waals surface area contributed by atoms with Gasteiger partial charge in [0.15, 0.2) is 0 Å². The quantitative estimate of drug-likeness (QED) is 0.713. The van der Waals surface area contributed by atoms with Crippen molar-refractivity contribution >= 4 is 0 Å². The fraction of sp³-hybridized carbons (Fsp3) is 0.286. The molecule has 0 bridgehead atoms. The van der Waals surface area contributed by atoms with Crippen LogP contribution in [0.4, 0.5) is 13.2 Å². The van der Waals surface area contributed by atoms with Gasteiger partial charge in [-0.1, -0.05) is 0 Å². The highest BCUT2D eigenvalue weighted by atomic mass is 19.1. The highest BCUT2D eigenvalue weighted by Crippen LogP contribution is 2.39. The predicted molar refractivity (Wildman–Crippen MR) is 97.2 cm³/mol. The maximum atomic E-state index is 14.2. The zero-order valence-corrected chi connectivity index (χ0v) is 14.9. The first-order valence-corrected chi connectivity index (χ1v) is 9.25. The van der Waals surface area contributed by atoms with Crippen LogP contribution in [0.2, 0.25) is 0 Å². The first kappa shape index (κ1) is 17.5. The molecule has 0 amide bonds. The minimum absolute atomic E-state index is 0.116. The molecular formula is C21H18F3N3O. The second-order valence-electron chi connectivity index (χ2n) is 7.32. The van der Waals surface area contributed by atoms with Crippen LogP contribution in [-0.4, -0.2) is 27.5 Å². The monoisotopic (exact) mass is 385 g/mol. The highest BCUT2D eigenvalue weighted by Gasteiger charge is 2.38. The molecule has 2 atom stereocenters. The first-order valence-electron chi connectivity index (χ1n) is 9.25. The first-order chi connectivity index (χ1) is 13.5. The molecule has 144 valence electrons. The summed E-state index contributed by atoms with van der Waals surface area (Å²) in [6.45, 7) is 1.34. The van der Waals surface area contributed by atoms with Crippen molar-refractivity contribution in [1.82, 2.24) is 15.1 Å². The molecule has 0 spiro atoms. The Morgan fingerprint density at radius 1 is 1.04 bits per heavy atom. The molecule has 4 nitrogen and oxygen atoms in total. The molecule has 0 fully saturated rings. The van der Waals surface area contributed by atoms with Gasteiger partial charge < -0.3 is 10.4 Å². The van der Waals surface area contributed by atoms with Crippen LogP contribution >= 0.6 is 0 Å². The summed E-state index contributed by atoms with van der Waals surface area (Å²) in [5.74, 6) is -1.64. The van der Waals surface area contributed by atoms with Gasteiger partial charge in [0.25, 0.3) is 0 Å². The van der Waals surface area contributed by atoms with Crippen molar-refractivity contribution in [3.63, 3.8) is 0 Å². The minimum Gasteiger partial charge on any atom is -0.390 e. The maximum Gasteiger partial charge on any atom is 0.129 e. The van der Waals surface area contributed by atoms with E-state index in [4.69, 9.17) is 5.10 Å². The number of rotatable bonds is 2. The van der Waals surface area contributed by atoms with E-state index >= 15 is 0 Å². The van der Waals surface area contributed by atoms with Gasteiger partial charge >= 0.3 is 0 Å². The minimum atomic E-state index is -0.897. The van der Waals surface area contributed by atoms with E-state index < -0.39 is 23.8 Å². The van der Waals surface area contributed by atoms with Crippen LogP contribution in [0.3, 0.4) is 0 Å². The summed E-state index contributed by atoms with van der Waals surface area (Å²) in [4.78, 5) is 0. The molecule has 28 heavy (non-hydrogen) atoms. The topological polar surface area (TPSA) is 50.1 Å². The molecule has 1 aromatic heterocycles. The Kier molecular flexibility index (Phi) is 4.03. The summed E-state index contributed by atoms with van der Waals surface area (Å²) in [5, 5.41) is 18.7. The van der Waals surface area contributed by atoms with E-state index in [1.54, 1.807) is 16.8 Å². The number of fused-ring (bicyclic) bond motifs is 2. The highest BCUT2D eigenvalue weighted by molar-refractivity contribution is 5.64. The van der Waals surface area contributed by atoms with Crippen molar-refractivity contribution in [2.75, 3.05) is 6.54 Å². The van der Waals surface area contributed by atoms with Gasteiger partial charge in [0.2, 0.25) is 0 Å². The van der Waals surface area contributed by atoms with Crippen LogP contribution in [0.1, 0.15) is 28.4 Å². The Labute approximate surface area is 159 Å². The number of aromatic nitrogens is 2. The van der Waals surface area contributed by atoms with Crippen LogP contribution in [0.25, 0.3) is 11.3 Å². The Bertz CT molecular complexity index is 1060. The predicted octanol–water partition coefficient (Wildman–Crippen LogP) is 3.12. The molecule has 2 aromatic carbocycles. The fourth-order valence-corrected chi connectivity index (χ4v) is 4.37. The SMILES string of the molecule is OC1Cc2c(F)cc(F)cc2C1n1nc(-c2ccc(F)cc2)c2c1CCNC2. The number of benzene rings is 2. The molecule has 3 aromatic rings. The van der Waals surface area contributed by atoms with E-state index in [2.05, 4.69) is 5.32 Å². The van der Waals surface area contributed by atoms with E-state index in [1.165, 1.54) is 18.2 Å². The van der Waals surface area contributed by atoms with Gasteiger partial charge in [0, 0.05) is 48.8 Å². The summed E-state index contributed by atoms with van der Waals surface area (Å²) < 4.78 is 43.2. The van der Waals surface area contributed by atoms with Crippen LogP contribution < -0.4 is 5.32 Å². The molecule has 5 rings (SSSR count). The third kappa shape index (κ3) is 2.65. The van der Waals surface area contributed by atoms with E-state index in [9.17, 15) is 18.3 Å². The van der Waals surface area contributed by atoms with Crippen LogP contribution in [0, 0.1) is 17.5 Å². The third-order valence-electron chi connectivity index (χ3n) is 5.63. The molecule has 1 aliphatic carbocycles. The number of halogens is 3. The number of aliphatic hydroxyl groups excluding tert-OH is 1. The maximum absolute atomic E-state index is 14.2. The summed E-state index contributed by atoms with van der Waals surface area (Å²) >= 11 is 0. The fourth-order valence-electron chi connectivity index (χ4n) is 4.37. The normalized spacial score (nSPS) is 20.9. The number of hydrogen-bond acceptors (Lipinski definition) is 3. The summed E-state index contributed by atoms with van der Waals surface area (Å²) in [6.07, 6.45) is -0.101. The van der Waals surface area contributed by atoms with E-state index in [0.717, 1.165) is 29.4 Å². The average Bonchev–Trinajstić information content (AvgIpc) is 3.20. The van der Waals surface area contributed by atoms with Crippen LogP contribution in [-0.2, 0) is 19.4 Å². The third-order valence-corrected chi connectivity index (χ3v) is 5.63. The van der Waals surface area contributed by atoms with Crippen molar-refractivity contribution < 1.29 is 18.3 Å². The zero-order valence-electron chi connectivity index (χ0n) is 14.9. The Balaban J connectivity index is 1.69. The van der Waals surface area contributed by atoms with E-state index in [-0.39, 0.29) is 12.2 Å². The van der Waals surface area contributed by atoms with Crippen LogP contribution in [0.15, 0.2) is 36.4 Å². The number of hydrogen-bond donors (Lipinski definition) is 2. The largest absolute Gasteiger partial charge is 0.390 e. The van der Waals surface area contributed by atoms with Gasteiger partial charge in [-0.15, -0.1) is 0 Å². The Hall–Kier alpha value is -2.64. The number of nitrogens with zero attached hydrogens (tertiary/aromatic N) is 2. The Morgan fingerprint density at radius 2 is 1.82 bits per heavy atom. The lowest BCUT2D eigenvalue weighted by atomic mass is 10.0. The molecule has 2 heterocycles. The van der Waals surface area contributed by atoms with Gasteiger partial charge in [-0.25, -0.2) is 13.2 Å². The van der Waals surface area contributed by atoms with Crippen molar-refractivity contribution in [2.45, 2.75) is 31.5 Å². The zero-order chi connectivity index (χ0) is 19.4. The second kappa shape index (κ2) is 6.46. The van der Waals surface area contributed by atoms with Gasteiger partial charge in [-0.2, -0.15) is 5.10 Å². The van der Waals surface area contributed by atoms with Crippen molar-refractivity contribution in [2.24, 2.45) is 0 Å². The number of nitrogens with one attached hydrogen (secondary N) is 1. The van der Waals surface area contributed by atoms with Crippen LogP contribution in [0.5, 0.6) is 0 Å². The molecule has 2 aliphatic rings. The summed E-state index contributed by atoms with van der Waals surface area (Å²) in [7, 11) is 0. The molecule has 7 heteroatoms.